The predicted octanol–water partition coefficient (Wildman–Crippen LogP) is 1.32. The molecule has 3 N–H and O–H groups in total. The van der Waals surface area contributed by atoms with Crippen molar-refractivity contribution in [1.82, 2.24) is 5.32 Å². The van der Waals surface area contributed by atoms with E-state index in [4.69, 9.17) is 10.5 Å². The molecule has 0 bridgehead atoms. The Kier molecular flexibility index (Phi) is 12.6. The van der Waals surface area contributed by atoms with E-state index in [0.717, 1.165) is 13.0 Å². The third-order valence-corrected chi connectivity index (χ3v) is 2.25. The minimum absolute atomic E-state index is 0. The van der Waals surface area contributed by atoms with E-state index < -0.39 is 0 Å². The van der Waals surface area contributed by atoms with E-state index in [0.29, 0.717) is 25.4 Å². The van der Waals surface area contributed by atoms with Crippen LogP contribution in [0.2, 0.25) is 0 Å². The number of hydrogen-bond donors (Lipinski definition) is 2. The SMILES string of the molecule is CCOC(CCNC(=O)CCN)C(C)C.Cl. The first-order valence-corrected chi connectivity index (χ1v) is 5.70. The Balaban J connectivity index is 0. The first kappa shape index (κ1) is 18.1. The Morgan fingerprint density at radius 3 is 2.50 bits per heavy atom. The van der Waals surface area contributed by atoms with Crippen molar-refractivity contribution in [3.8, 4) is 0 Å². The Morgan fingerprint density at radius 2 is 2.06 bits per heavy atom. The summed E-state index contributed by atoms with van der Waals surface area (Å²) in [5.41, 5.74) is 5.27. The van der Waals surface area contributed by atoms with Crippen molar-refractivity contribution in [1.29, 1.82) is 0 Å². The maximum Gasteiger partial charge on any atom is 0.221 e. The van der Waals surface area contributed by atoms with Crippen LogP contribution in [0.15, 0.2) is 0 Å². The molecule has 0 aliphatic heterocycles. The molecule has 0 heterocycles. The lowest BCUT2D eigenvalue weighted by molar-refractivity contribution is -0.121. The van der Waals surface area contributed by atoms with Gasteiger partial charge in [-0.1, -0.05) is 13.8 Å². The average Bonchev–Trinajstić information content (AvgIpc) is 2.16. The van der Waals surface area contributed by atoms with E-state index in [1.54, 1.807) is 0 Å². The maximum atomic E-state index is 11.1. The number of nitrogens with one attached hydrogen (secondary N) is 1. The van der Waals surface area contributed by atoms with Crippen LogP contribution in [0.5, 0.6) is 0 Å². The number of rotatable bonds is 8. The minimum Gasteiger partial charge on any atom is -0.378 e. The van der Waals surface area contributed by atoms with Gasteiger partial charge in [0.05, 0.1) is 6.10 Å². The summed E-state index contributed by atoms with van der Waals surface area (Å²) in [4.78, 5) is 11.1. The number of amides is 1. The van der Waals surface area contributed by atoms with E-state index in [2.05, 4.69) is 19.2 Å². The van der Waals surface area contributed by atoms with Crippen LogP contribution in [0.25, 0.3) is 0 Å². The molecule has 1 amide bonds. The molecule has 0 radical (unpaired) electrons. The van der Waals surface area contributed by atoms with Crippen molar-refractivity contribution < 1.29 is 9.53 Å². The largest absolute Gasteiger partial charge is 0.378 e. The molecule has 0 fully saturated rings. The fourth-order valence-electron chi connectivity index (χ4n) is 1.40. The van der Waals surface area contributed by atoms with E-state index in [1.807, 2.05) is 6.92 Å². The molecule has 0 spiro atoms. The summed E-state index contributed by atoms with van der Waals surface area (Å²) in [5.74, 6) is 0.507. The van der Waals surface area contributed by atoms with Gasteiger partial charge in [-0.25, -0.2) is 0 Å². The predicted molar refractivity (Wildman–Crippen MR) is 68.8 cm³/mol. The molecule has 0 aromatic heterocycles. The van der Waals surface area contributed by atoms with Gasteiger partial charge in [0.1, 0.15) is 0 Å². The lowest BCUT2D eigenvalue weighted by Crippen LogP contribution is -2.31. The molecule has 0 saturated carbocycles. The van der Waals surface area contributed by atoms with Crippen molar-refractivity contribution in [2.75, 3.05) is 19.7 Å². The van der Waals surface area contributed by atoms with Crippen LogP contribution in [-0.2, 0) is 9.53 Å². The normalized spacial score (nSPS) is 12.1. The highest BCUT2D eigenvalue weighted by molar-refractivity contribution is 5.85. The van der Waals surface area contributed by atoms with Gasteiger partial charge < -0.3 is 15.8 Å². The molecule has 16 heavy (non-hydrogen) atoms. The van der Waals surface area contributed by atoms with Crippen molar-refractivity contribution in [2.45, 2.75) is 39.7 Å². The Labute approximate surface area is 105 Å². The molecule has 0 aromatic carbocycles. The molecule has 1 unspecified atom stereocenters. The molecule has 0 aliphatic rings. The van der Waals surface area contributed by atoms with Crippen LogP contribution in [0.1, 0.15) is 33.6 Å². The Bertz CT molecular complexity index is 177. The number of halogens is 1. The number of nitrogens with two attached hydrogens (primary N) is 1. The van der Waals surface area contributed by atoms with Crippen LogP contribution >= 0.6 is 12.4 Å². The molecule has 0 saturated heterocycles. The van der Waals surface area contributed by atoms with E-state index in [-0.39, 0.29) is 24.4 Å². The van der Waals surface area contributed by atoms with Gasteiger partial charge in [0.15, 0.2) is 0 Å². The van der Waals surface area contributed by atoms with Gasteiger partial charge in [-0.3, -0.25) is 4.79 Å². The van der Waals surface area contributed by atoms with E-state index in [1.165, 1.54) is 0 Å². The van der Waals surface area contributed by atoms with Gasteiger partial charge in [-0.15, -0.1) is 12.4 Å². The fraction of sp³-hybridized carbons (Fsp3) is 0.909. The molecular formula is C11H25ClN2O2. The zero-order valence-electron chi connectivity index (χ0n) is 10.5. The van der Waals surface area contributed by atoms with Crippen molar-refractivity contribution >= 4 is 18.3 Å². The smallest absolute Gasteiger partial charge is 0.221 e. The quantitative estimate of drug-likeness (QED) is 0.685. The summed E-state index contributed by atoms with van der Waals surface area (Å²) in [6, 6.07) is 0. The third-order valence-electron chi connectivity index (χ3n) is 2.25. The van der Waals surface area contributed by atoms with E-state index in [9.17, 15) is 4.79 Å². The summed E-state index contributed by atoms with van der Waals surface area (Å²) in [6.07, 6.45) is 1.50. The highest BCUT2D eigenvalue weighted by Crippen LogP contribution is 2.09. The molecule has 1 atom stereocenters. The summed E-state index contributed by atoms with van der Waals surface area (Å²) >= 11 is 0. The molecule has 5 heteroatoms. The lowest BCUT2D eigenvalue weighted by Gasteiger charge is -2.20. The van der Waals surface area contributed by atoms with Crippen LogP contribution in [0.3, 0.4) is 0 Å². The zero-order chi connectivity index (χ0) is 11.7. The second-order valence-corrected chi connectivity index (χ2v) is 3.92. The molecule has 4 nitrogen and oxygen atoms in total. The van der Waals surface area contributed by atoms with Gasteiger partial charge in [0.25, 0.3) is 0 Å². The van der Waals surface area contributed by atoms with Crippen molar-refractivity contribution in [3.63, 3.8) is 0 Å². The van der Waals surface area contributed by atoms with Crippen LogP contribution in [0, 0.1) is 5.92 Å². The highest BCUT2D eigenvalue weighted by atomic mass is 35.5. The zero-order valence-corrected chi connectivity index (χ0v) is 11.3. The number of hydrogen-bond acceptors (Lipinski definition) is 3. The van der Waals surface area contributed by atoms with Crippen LogP contribution < -0.4 is 11.1 Å². The molecule has 0 aliphatic carbocycles. The van der Waals surface area contributed by atoms with Crippen LogP contribution in [-0.4, -0.2) is 31.7 Å². The lowest BCUT2D eigenvalue weighted by atomic mass is 10.0. The first-order valence-electron chi connectivity index (χ1n) is 5.70. The van der Waals surface area contributed by atoms with Gasteiger partial charge in [0, 0.05) is 26.1 Å². The minimum atomic E-state index is 0. The van der Waals surface area contributed by atoms with Crippen molar-refractivity contribution in [3.05, 3.63) is 0 Å². The second kappa shape index (κ2) is 11.2. The Morgan fingerprint density at radius 1 is 1.44 bits per heavy atom. The van der Waals surface area contributed by atoms with Gasteiger partial charge in [0.2, 0.25) is 5.91 Å². The summed E-state index contributed by atoms with van der Waals surface area (Å²) < 4.78 is 5.57. The number of carbonyl (C=O) groups is 1. The van der Waals surface area contributed by atoms with E-state index >= 15 is 0 Å². The topological polar surface area (TPSA) is 64.3 Å². The summed E-state index contributed by atoms with van der Waals surface area (Å²) in [7, 11) is 0. The molecular weight excluding hydrogens is 228 g/mol. The van der Waals surface area contributed by atoms with Gasteiger partial charge in [-0.05, 0) is 19.3 Å². The molecule has 98 valence electrons. The average molecular weight is 253 g/mol. The third kappa shape index (κ3) is 8.95. The second-order valence-electron chi connectivity index (χ2n) is 3.92. The maximum absolute atomic E-state index is 11.1. The summed E-state index contributed by atoms with van der Waals surface area (Å²) in [5, 5.41) is 2.83. The van der Waals surface area contributed by atoms with Gasteiger partial charge >= 0.3 is 0 Å². The Hall–Kier alpha value is -0.320. The molecule has 0 rings (SSSR count). The highest BCUT2D eigenvalue weighted by Gasteiger charge is 2.12. The fourth-order valence-corrected chi connectivity index (χ4v) is 1.40. The van der Waals surface area contributed by atoms with Crippen molar-refractivity contribution in [2.24, 2.45) is 11.7 Å². The number of ether oxygens (including phenoxy) is 1. The monoisotopic (exact) mass is 252 g/mol. The summed E-state index contributed by atoms with van der Waals surface area (Å²) in [6.45, 7) is 8.04. The first-order chi connectivity index (χ1) is 7.11. The van der Waals surface area contributed by atoms with Crippen LogP contribution in [0.4, 0.5) is 0 Å². The molecule has 0 aromatic rings. The standard InChI is InChI=1S/C11H24N2O2.ClH/c1-4-15-10(9(2)3)6-8-13-11(14)5-7-12;/h9-10H,4-8,12H2,1-3H3,(H,13,14);1H. The number of carbonyl (C=O) groups excluding carboxylic acids is 1. The van der Waals surface area contributed by atoms with Gasteiger partial charge in [-0.2, -0.15) is 0 Å².